The van der Waals surface area contributed by atoms with Gasteiger partial charge in [0, 0.05) is 18.8 Å². The summed E-state index contributed by atoms with van der Waals surface area (Å²) in [7, 11) is 0.403. The summed E-state index contributed by atoms with van der Waals surface area (Å²) in [6, 6.07) is 0. The zero-order chi connectivity index (χ0) is 22.3. The van der Waals surface area contributed by atoms with E-state index < -0.39 is 13.8 Å². The first-order chi connectivity index (χ1) is 14.1. The van der Waals surface area contributed by atoms with Crippen molar-refractivity contribution in [1.82, 2.24) is 0 Å². The van der Waals surface area contributed by atoms with Crippen molar-refractivity contribution in [3.8, 4) is 0 Å². The molecule has 0 aromatic carbocycles. The third kappa shape index (κ3) is 4.06. The lowest BCUT2D eigenvalue weighted by molar-refractivity contribution is -0.794. The van der Waals surface area contributed by atoms with E-state index in [1.807, 2.05) is 0 Å². The molecule has 0 radical (unpaired) electrons. The fourth-order valence-electron chi connectivity index (χ4n) is 4.53. The average Bonchev–Trinajstić information content (AvgIpc) is 3.52. The van der Waals surface area contributed by atoms with Crippen LogP contribution in [0.1, 0.15) is 26.7 Å². The van der Waals surface area contributed by atoms with E-state index in [0.717, 1.165) is 0 Å². The molecule has 4 fully saturated rings. The molecule has 0 amide bonds. The molecule has 4 aliphatic rings. The standard InChI is InChI=1S/C11H16BNO6.C6H11BO4/c1-3-17-11(16)7-4-8(7)12-13(2,5-9(14)18-12)6-10(15)19-12;1-2-11-6(8)4-3-5(4)7(9)10/h7-8H,3-6H2,1-2H3;4-5,9-10H,2-3H2,1H3/t7-,8?,12?,13?;4-,5-/m00/s1. The van der Waals surface area contributed by atoms with E-state index in [1.54, 1.807) is 20.9 Å². The van der Waals surface area contributed by atoms with Crippen LogP contribution in [0.3, 0.4) is 0 Å². The molecule has 11 nitrogen and oxygen atoms in total. The number of rotatable bonds is 6. The lowest BCUT2D eigenvalue weighted by Gasteiger charge is -2.40. The molecule has 0 aromatic heterocycles. The van der Waals surface area contributed by atoms with E-state index in [-0.39, 0.29) is 64.8 Å². The van der Waals surface area contributed by atoms with Gasteiger partial charge in [0.25, 0.3) is 0 Å². The lowest BCUT2D eigenvalue weighted by Crippen LogP contribution is -2.60. The topological polar surface area (TPSA) is 146 Å². The SMILES string of the molecule is CCOC(=O)[C@H]1CC1[B-]12OC(=O)C[N+]1(C)CC(=O)O2.CCOC(=O)[C@H]1C[C@@H]1B(O)O. The molecule has 1 unspecified atom stereocenters. The fraction of sp³-hybridized carbons (Fsp3) is 0.765. The Labute approximate surface area is 174 Å². The highest BCUT2D eigenvalue weighted by atomic mass is 16.7. The zero-order valence-corrected chi connectivity index (χ0v) is 17.3. The minimum Gasteiger partial charge on any atom is -0.600 e. The maximum atomic E-state index is 11.7. The second-order valence-electron chi connectivity index (χ2n) is 8.43. The fourth-order valence-corrected chi connectivity index (χ4v) is 4.53. The van der Waals surface area contributed by atoms with E-state index in [1.165, 1.54) is 0 Å². The van der Waals surface area contributed by atoms with Crippen LogP contribution in [-0.4, -0.2) is 85.5 Å². The zero-order valence-electron chi connectivity index (χ0n) is 17.3. The predicted octanol–water partition coefficient (Wildman–Crippen LogP) is -1.15. The van der Waals surface area contributed by atoms with Gasteiger partial charge in [-0.2, -0.15) is 0 Å². The molecule has 4 atom stereocenters. The van der Waals surface area contributed by atoms with Gasteiger partial charge < -0.3 is 33.2 Å². The van der Waals surface area contributed by atoms with Crippen molar-refractivity contribution in [3.05, 3.63) is 0 Å². The molecule has 4 rings (SSSR count). The van der Waals surface area contributed by atoms with E-state index in [9.17, 15) is 19.2 Å². The van der Waals surface area contributed by atoms with E-state index in [4.69, 9.17) is 24.1 Å². The summed E-state index contributed by atoms with van der Waals surface area (Å²) in [6.07, 6.45) is 1.09. The van der Waals surface area contributed by atoms with Crippen molar-refractivity contribution in [1.29, 1.82) is 0 Å². The van der Waals surface area contributed by atoms with Gasteiger partial charge in [-0.1, -0.05) is 6.42 Å². The van der Waals surface area contributed by atoms with Crippen molar-refractivity contribution in [2.24, 2.45) is 11.8 Å². The highest BCUT2D eigenvalue weighted by Gasteiger charge is 2.75. The number of hydrogen-bond donors (Lipinski definition) is 2. The number of nitrogens with zero attached hydrogens (tertiary/aromatic N) is 1. The van der Waals surface area contributed by atoms with Gasteiger partial charge in [0.05, 0.1) is 19.1 Å². The number of ether oxygens (including phenoxy) is 2. The highest BCUT2D eigenvalue weighted by molar-refractivity contribution is 6.68. The Kier molecular flexibility index (Phi) is 6.17. The second-order valence-corrected chi connectivity index (χ2v) is 8.43. The molecular weight excluding hydrogens is 400 g/mol. The normalized spacial score (nSPS) is 37.8. The molecular formula is C17H27B2NO10. The van der Waals surface area contributed by atoms with Crippen LogP contribution in [0.2, 0.25) is 11.6 Å². The third-order valence-corrected chi connectivity index (χ3v) is 6.23. The van der Waals surface area contributed by atoms with Crippen LogP contribution in [0.5, 0.6) is 0 Å². The van der Waals surface area contributed by atoms with E-state index >= 15 is 0 Å². The van der Waals surface area contributed by atoms with Crippen LogP contribution >= 0.6 is 0 Å². The molecule has 2 heterocycles. The first kappa shape index (κ1) is 22.6. The smallest absolute Gasteiger partial charge is 0.587 e. The summed E-state index contributed by atoms with van der Waals surface area (Å²) in [5, 5.41) is 17.3. The second kappa shape index (κ2) is 8.20. The maximum absolute atomic E-state index is 11.7. The molecule has 2 saturated heterocycles. The summed E-state index contributed by atoms with van der Waals surface area (Å²) in [6.45, 7) is 2.29. The van der Waals surface area contributed by atoms with Crippen molar-refractivity contribution in [2.45, 2.75) is 38.3 Å². The van der Waals surface area contributed by atoms with Crippen molar-refractivity contribution < 1.29 is 52.4 Å². The molecule has 13 heteroatoms. The van der Waals surface area contributed by atoms with Crippen LogP contribution in [0.4, 0.5) is 0 Å². The van der Waals surface area contributed by atoms with Crippen LogP contribution in [0.15, 0.2) is 0 Å². The van der Waals surface area contributed by atoms with Crippen LogP contribution < -0.4 is 0 Å². The number of carbonyl (C=O) groups excluding carboxylic acids is 4. The number of quaternary nitrogens is 1. The minimum absolute atomic E-state index is 0.123. The van der Waals surface area contributed by atoms with Gasteiger partial charge in [-0.3, -0.25) is 19.2 Å². The van der Waals surface area contributed by atoms with Gasteiger partial charge in [-0.15, -0.1) is 0 Å². The summed E-state index contributed by atoms with van der Waals surface area (Å²) in [4.78, 5) is 45.8. The summed E-state index contributed by atoms with van der Waals surface area (Å²) >= 11 is 0. The molecule has 2 aliphatic carbocycles. The molecule has 2 saturated carbocycles. The Morgan fingerprint density at radius 1 is 1.03 bits per heavy atom. The van der Waals surface area contributed by atoms with Crippen LogP contribution in [0, 0.1) is 11.8 Å². The molecule has 2 aliphatic heterocycles. The van der Waals surface area contributed by atoms with E-state index in [0.29, 0.717) is 26.1 Å². The maximum Gasteiger partial charge on any atom is 0.587 e. The Morgan fingerprint density at radius 2 is 1.53 bits per heavy atom. The number of fused-ring (bicyclic) bond motifs is 1. The Bertz CT molecular complexity index is 724. The average molecular weight is 427 g/mol. The number of carbonyl (C=O) groups is 4. The largest absolute Gasteiger partial charge is 0.600 e. The molecule has 0 aromatic rings. The van der Waals surface area contributed by atoms with Gasteiger partial charge in [-0.25, -0.2) is 0 Å². The van der Waals surface area contributed by atoms with Crippen molar-refractivity contribution in [2.75, 3.05) is 33.4 Å². The molecule has 0 bridgehead atoms. The Hall–Kier alpha value is -2.11. The van der Waals surface area contributed by atoms with Gasteiger partial charge >= 0.3 is 37.7 Å². The third-order valence-electron chi connectivity index (χ3n) is 6.23. The molecule has 0 spiro atoms. The predicted molar refractivity (Wildman–Crippen MR) is 101 cm³/mol. The number of esters is 2. The number of likely N-dealkylation sites (N-methyl/N-ethyl adjacent to an activating group) is 1. The molecule has 2 N–H and O–H groups in total. The summed E-state index contributed by atoms with van der Waals surface area (Å²) < 4.78 is 20.5. The lowest BCUT2D eigenvalue weighted by atomic mass is 9.61. The first-order valence-electron chi connectivity index (χ1n) is 10.2. The monoisotopic (exact) mass is 427 g/mol. The molecule has 30 heavy (non-hydrogen) atoms. The summed E-state index contributed by atoms with van der Waals surface area (Å²) in [5.41, 5.74) is 0. The van der Waals surface area contributed by atoms with Crippen molar-refractivity contribution in [3.63, 3.8) is 0 Å². The van der Waals surface area contributed by atoms with Gasteiger partial charge in [0.1, 0.15) is 13.1 Å². The van der Waals surface area contributed by atoms with Gasteiger partial charge in [0.15, 0.2) is 0 Å². The first-order valence-corrected chi connectivity index (χ1v) is 10.2. The van der Waals surface area contributed by atoms with Crippen LogP contribution in [-0.2, 0) is 38.0 Å². The quantitative estimate of drug-likeness (QED) is 0.394. The Morgan fingerprint density at radius 3 is 1.97 bits per heavy atom. The Balaban J connectivity index is 0.000000199. The van der Waals surface area contributed by atoms with Gasteiger partial charge in [-0.05, 0) is 26.1 Å². The highest BCUT2D eigenvalue weighted by Crippen LogP contribution is 2.58. The van der Waals surface area contributed by atoms with E-state index in [2.05, 4.69) is 4.74 Å². The van der Waals surface area contributed by atoms with Crippen LogP contribution in [0.25, 0.3) is 0 Å². The minimum atomic E-state index is -2.09. The van der Waals surface area contributed by atoms with Crippen molar-refractivity contribution >= 4 is 37.7 Å². The number of hydrogen-bond acceptors (Lipinski definition) is 10. The molecule has 166 valence electrons. The van der Waals surface area contributed by atoms with Gasteiger partial charge in [0.2, 0.25) is 0 Å². The summed E-state index contributed by atoms with van der Waals surface area (Å²) in [5.74, 6) is -2.50.